The predicted octanol–water partition coefficient (Wildman–Crippen LogP) is 3.14. The number of carbonyl (C=O) groups is 1. The topological polar surface area (TPSA) is 32.3 Å². The van der Waals surface area contributed by atoms with Gasteiger partial charge in [-0.05, 0) is 44.5 Å². The lowest BCUT2D eigenvalue weighted by Crippen LogP contribution is -2.34. The van der Waals surface area contributed by atoms with Gasteiger partial charge in [0.15, 0.2) is 0 Å². The summed E-state index contributed by atoms with van der Waals surface area (Å²) in [6.45, 7) is 14.0. The summed E-state index contributed by atoms with van der Waals surface area (Å²) < 4.78 is 0. The number of rotatable bonds is 6. The number of carbonyl (C=O) groups excluding carboxylic acids is 1. The second-order valence-electron chi connectivity index (χ2n) is 5.06. The Kier molecular flexibility index (Phi) is 5.77. The van der Waals surface area contributed by atoms with Crippen molar-refractivity contribution in [2.75, 3.05) is 25.0 Å². The Bertz CT molecular complexity index is 466. The molecule has 19 heavy (non-hydrogen) atoms. The third-order valence-corrected chi connectivity index (χ3v) is 3.19. The zero-order valence-corrected chi connectivity index (χ0v) is 12.4. The number of nitrogens with zero attached hydrogens (tertiary/aromatic N) is 1. The molecule has 3 nitrogen and oxygen atoms in total. The first kappa shape index (κ1) is 15.4. The highest BCUT2D eigenvalue weighted by molar-refractivity contribution is 5.93. The van der Waals surface area contributed by atoms with Crippen molar-refractivity contribution in [1.29, 1.82) is 0 Å². The molecule has 0 unspecified atom stereocenters. The van der Waals surface area contributed by atoms with E-state index < -0.39 is 0 Å². The summed E-state index contributed by atoms with van der Waals surface area (Å²) in [7, 11) is 0. The fraction of sp³-hybridized carbons (Fsp3) is 0.438. The van der Waals surface area contributed by atoms with Gasteiger partial charge < -0.3 is 5.32 Å². The van der Waals surface area contributed by atoms with Crippen LogP contribution < -0.4 is 5.32 Å². The highest BCUT2D eigenvalue weighted by Gasteiger charge is 2.10. The van der Waals surface area contributed by atoms with Gasteiger partial charge in [0.05, 0.1) is 6.54 Å². The molecular weight excluding hydrogens is 236 g/mol. The van der Waals surface area contributed by atoms with E-state index in [1.54, 1.807) is 0 Å². The van der Waals surface area contributed by atoms with Gasteiger partial charge >= 0.3 is 0 Å². The van der Waals surface area contributed by atoms with E-state index in [0.29, 0.717) is 6.54 Å². The van der Waals surface area contributed by atoms with E-state index in [4.69, 9.17) is 0 Å². The standard InChI is InChI=1S/C16H24N2O/c1-6-18(10-12(2)3)11-16(19)17-15-9-7-8-13(4)14(15)5/h7-9H,2,6,10-11H2,1,3-5H3,(H,17,19). The van der Waals surface area contributed by atoms with Gasteiger partial charge in [0.1, 0.15) is 0 Å². The van der Waals surface area contributed by atoms with Crippen molar-refractivity contribution in [2.24, 2.45) is 0 Å². The lowest BCUT2D eigenvalue weighted by atomic mass is 10.1. The molecule has 104 valence electrons. The average Bonchev–Trinajstić information content (AvgIpc) is 2.33. The van der Waals surface area contributed by atoms with Crippen molar-refractivity contribution in [3.05, 3.63) is 41.5 Å². The first-order chi connectivity index (χ1) is 8.93. The van der Waals surface area contributed by atoms with Crippen LogP contribution in [0.4, 0.5) is 5.69 Å². The number of nitrogens with one attached hydrogen (secondary N) is 1. The first-order valence-corrected chi connectivity index (χ1v) is 6.66. The minimum Gasteiger partial charge on any atom is -0.325 e. The van der Waals surface area contributed by atoms with E-state index in [9.17, 15) is 4.79 Å². The minimum absolute atomic E-state index is 0.0248. The highest BCUT2D eigenvalue weighted by Crippen LogP contribution is 2.17. The lowest BCUT2D eigenvalue weighted by Gasteiger charge is -2.20. The molecule has 3 heteroatoms. The van der Waals surface area contributed by atoms with E-state index in [0.717, 1.165) is 29.9 Å². The summed E-state index contributed by atoms with van der Waals surface area (Å²) >= 11 is 0. The van der Waals surface area contributed by atoms with Crippen molar-refractivity contribution in [2.45, 2.75) is 27.7 Å². The highest BCUT2D eigenvalue weighted by atomic mass is 16.2. The molecular formula is C16H24N2O. The Hall–Kier alpha value is -1.61. The molecule has 0 aromatic heterocycles. The zero-order valence-electron chi connectivity index (χ0n) is 12.4. The minimum atomic E-state index is 0.0248. The van der Waals surface area contributed by atoms with Crippen molar-refractivity contribution in [3.63, 3.8) is 0 Å². The number of hydrogen-bond acceptors (Lipinski definition) is 2. The second kappa shape index (κ2) is 7.10. The molecule has 0 saturated carbocycles. The molecule has 1 aromatic carbocycles. The number of amides is 1. The Morgan fingerprint density at radius 3 is 2.58 bits per heavy atom. The van der Waals surface area contributed by atoms with Gasteiger partial charge in [0.2, 0.25) is 5.91 Å². The van der Waals surface area contributed by atoms with Crippen LogP contribution in [-0.2, 0) is 4.79 Å². The number of anilines is 1. The Morgan fingerprint density at radius 1 is 1.32 bits per heavy atom. The average molecular weight is 260 g/mol. The molecule has 0 fully saturated rings. The van der Waals surface area contributed by atoms with Crippen LogP contribution in [0.1, 0.15) is 25.0 Å². The van der Waals surface area contributed by atoms with Crippen LogP contribution in [0.5, 0.6) is 0 Å². The summed E-state index contributed by atoms with van der Waals surface area (Å²) in [5.74, 6) is 0.0248. The summed E-state index contributed by atoms with van der Waals surface area (Å²) in [5, 5.41) is 2.98. The Morgan fingerprint density at radius 2 is 2.00 bits per heavy atom. The van der Waals surface area contributed by atoms with E-state index in [2.05, 4.69) is 16.8 Å². The van der Waals surface area contributed by atoms with Gasteiger partial charge in [-0.2, -0.15) is 0 Å². The molecule has 1 rings (SSSR count). The largest absolute Gasteiger partial charge is 0.325 e. The van der Waals surface area contributed by atoms with Crippen LogP contribution >= 0.6 is 0 Å². The quantitative estimate of drug-likeness (QED) is 0.797. The summed E-state index contributed by atoms with van der Waals surface area (Å²) in [4.78, 5) is 14.1. The zero-order chi connectivity index (χ0) is 14.4. The van der Waals surface area contributed by atoms with Crippen molar-refractivity contribution in [3.8, 4) is 0 Å². The van der Waals surface area contributed by atoms with Crippen molar-refractivity contribution < 1.29 is 4.79 Å². The summed E-state index contributed by atoms with van der Waals surface area (Å²) in [6.07, 6.45) is 0. The molecule has 0 atom stereocenters. The van der Waals surface area contributed by atoms with Gasteiger partial charge in [0, 0.05) is 12.2 Å². The Labute approximate surface area is 116 Å². The van der Waals surface area contributed by atoms with Gasteiger partial charge in [-0.15, -0.1) is 0 Å². The number of benzene rings is 1. The Balaban J connectivity index is 2.64. The van der Waals surface area contributed by atoms with Crippen LogP contribution in [0.25, 0.3) is 0 Å². The van der Waals surface area contributed by atoms with Gasteiger partial charge in [-0.25, -0.2) is 0 Å². The van der Waals surface area contributed by atoms with E-state index >= 15 is 0 Å². The van der Waals surface area contributed by atoms with E-state index in [1.165, 1.54) is 5.56 Å². The first-order valence-electron chi connectivity index (χ1n) is 6.66. The molecule has 0 bridgehead atoms. The third-order valence-electron chi connectivity index (χ3n) is 3.19. The normalized spacial score (nSPS) is 10.6. The molecule has 0 radical (unpaired) electrons. The molecule has 0 saturated heterocycles. The fourth-order valence-corrected chi connectivity index (χ4v) is 1.94. The second-order valence-corrected chi connectivity index (χ2v) is 5.06. The molecule has 0 aliphatic rings. The van der Waals surface area contributed by atoms with Crippen molar-refractivity contribution >= 4 is 11.6 Å². The predicted molar refractivity (Wildman–Crippen MR) is 81.5 cm³/mol. The van der Waals surface area contributed by atoms with E-state index in [1.807, 2.05) is 45.9 Å². The van der Waals surface area contributed by atoms with Gasteiger partial charge in [-0.3, -0.25) is 9.69 Å². The smallest absolute Gasteiger partial charge is 0.238 e. The maximum absolute atomic E-state index is 12.0. The SMILES string of the molecule is C=C(C)CN(CC)CC(=O)Nc1cccc(C)c1C. The maximum atomic E-state index is 12.0. The molecule has 0 spiro atoms. The lowest BCUT2D eigenvalue weighted by molar-refractivity contribution is -0.117. The monoisotopic (exact) mass is 260 g/mol. The van der Waals surface area contributed by atoms with Crippen LogP contribution in [0.3, 0.4) is 0 Å². The molecule has 1 N–H and O–H groups in total. The van der Waals surface area contributed by atoms with Crippen LogP contribution in [-0.4, -0.2) is 30.4 Å². The maximum Gasteiger partial charge on any atom is 0.238 e. The van der Waals surface area contributed by atoms with Crippen LogP contribution in [0.15, 0.2) is 30.4 Å². The third kappa shape index (κ3) is 4.87. The summed E-state index contributed by atoms with van der Waals surface area (Å²) in [6, 6.07) is 5.95. The molecule has 0 heterocycles. The molecule has 0 aliphatic carbocycles. The molecule has 1 amide bonds. The fourth-order valence-electron chi connectivity index (χ4n) is 1.94. The van der Waals surface area contributed by atoms with Gasteiger partial charge in [-0.1, -0.05) is 31.2 Å². The summed E-state index contributed by atoms with van der Waals surface area (Å²) in [5.41, 5.74) is 4.28. The number of hydrogen-bond donors (Lipinski definition) is 1. The van der Waals surface area contributed by atoms with Crippen molar-refractivity contribution in [1.82, 2.24) is 4.90 Å². The number of likely N-dealkylation sites (N-methyl/N-ethyl adjacent to an activating group) is 1. The number of aryl methyl sites for hydroxylation is 1. The van der Waals surface area contributed by atoms with Crippen LogP contribution in [0.2, 0.25) is 0 Å². The molecule has 1 aromatic rings. The van der Waals surface area contributed by atoms with E-state index in [-0.39, 0.29) is 5.91 Å². The van der Waals surface area contributed by atoms with Crippen LogP contribution in [0, 0.1) is 13.8 Å². The molecule has 0 aliphatic heterocycles. The van der Waals surface area contributed by atoms with Gasteiger partial charge in [0.25, 0.3) is 0 Å².